The van der Waals surface area contributed by atoms with Gasteiger partial charge in [-0.25, -0.2) is 0 Å². The Morgan fingerprint density at radius 3 is 2.02 bits per heavy atom. The minimum atomic E-state index is -0.636. The van der Waals surface area contributed by atoms with Crippen LogP contribution in [0.25, 0.3) is 44.1 Å². The van der Waals surface area contributed by atoms with E-state index in [1.807, 2.05) is 0 Å². The van der Waals surface area contributed by atoms with E-state index < -0.39 is 5.79 Å². The molecule has 1 atom stereocenters. The lowest BCUT2D eigenvalue weighted by Gasteiger charge is -2.42. The van der Waals surface area contributed by atoms with Gasteiger partial charge in [0.05, 0.1) is 16.5 Å². The molecular weight excluding hydrogens is 619 g/mol. The number of pyridine rings is 1. The lowest BCUT2D eigenvalue weighted by atomic mass is 9.79. The van der Waals surface area contributed by atoms with Crippen molar-refractivity contribution in [1.82, 2.24) is 4.90 Å². The molecule has 3 aliphatic rings. The molecule has 3 nitrogen and oxygen atoms in total. The van der Waals surface area contributed by atoms with Crippen molar-refractivity contribution in [2.45, 2.75) is 125 Å². The molecule has 5 aromatic rings. The van der Waals surface area contributed by atoms with Gasteiger partial charge in [0.1, 0.15) is 5.56 Å². The highest BCUT2D eigenvalue weighted by Crippen LogP contribution is 2.59. The predicted molar refractivity (Wildman–Crippen MR) is 216 cm³/mol. The molecule has 4 aromatic carbocycles. The highest BCUT2D eigenvalue weighted by atomic mass is 15.5. The maximum atomic E-state index is 2.81. The molecule has 8 rings (SSSR count). The minimum absolute atomic E-state index is 0.0449. The van der Waals surface area contributed by atoms with Crippen LogP contribution >= 0.6 is 0 Å². The third kappa shape index (κ3) is 4.42. The van der Waals surface area contributed by atoms with E-state index >= 15 is 0 Å². The summed E-state index contributed by atoms with van der Waals surface area (Å²) in [6, 6.07) is 29.1. The summed E-state index contributed by atoms with van der Waals surface area (Å²) in [5, 5.41) is 4.06. The van der Waals surface area contributed by atoms with Crippen molar-refractivity contribution >= 4 is 27.4 Å². The van der Waals surface area contributed by atoms with Crippen molar-refractivity contribution < 1.29 is 9.14 Å². The zero-order valence-electron chi connectivity index (χ0n) is 33.3. The fourth-order valence-electron chi connectivity index (χ4n) is 10.6. The Balaban J connectivity index is 1.71. The fraction of sp³-hybridized carbons (Fsp3) is 0.417. The van der Waals surface area contributed by atoms with Gasteiger partial charge in [0, 0.05) is 41.6 Å². The average Bonchev–Trinajstić information content (AvgIpc) is 3.45. The number of allylic oxidation sites excluding steroid dienone is 2. The SMILES string of the molecule is CC1=CC(C)=[N+](C(C)C)C2(c3c(cc(C(C)(C)C)c4ccccc34)-c3c4c(c5ccccc5[n+]32)C(C)(C)c2ccc(CC(C)C)cc2-4)N1C(C)C. The Labute approximate surface area is 306 Å². The van der Waals surface area contributed by atoms with Crippen molar-refractivity contribution in [3.8, 4) is 22.4 Å². The molecular formula is C48H57N3+2. The molecule has 0 fully saturated rings. The molecule has 262 valence electrons. The zero-order chi connectivity index (χ0) is 36.5. The second-order valence-electron chi connectivity index (χ2n) is 18.2. The van der Waals surface area contributed by atoms with E-state index in [-0.39, 0.29) is 22.9 Å². The molecule has 1 aromatic heterocycles. The first-order chi connectivity index (χ1) is 24.0. The number of benzene rings is 4. The molecule has 0 amide bonds. The van der Waals surface area contributed by atoms with E-state index in [0.29, 0.717) is 5.92 Å². The van der Waals surface area contributed by atoms with Gasteiger partial charge in [-0.15, -0.1) is 9.14 Å². The van der Waals surface area contributed by atoms with Crippen LogP contribution in [0.1, 0.15) is 118 Å². The molecule has 0 saturated carbocycles. The summed E-state index contributed by atoms with van der Waals surface area (Å²) in [6.45, 7) is 30.9. The van der Waals surface area contributed by atoms with E-state index in [1.54, 1.807) is 0 Å². The molecule has 51 heavy (non-hydrogen) atoms. The smallest absolute Gasteiger partial charge is 0.250 e. The van der Waals surface area contributed by atoms with Crippen LogP contribution in [-0.4, -0.2) is 27.3 Å². The number of aromatic nitrogens is 1. The number of para-hydroxylation sites is 1. The summed E-state index contributed by atoms with van der Waals surface area (Å²) < 4.78 is 5.55. The lowest BCUT2D eigenvalue weighted by molar-refractivity contribution is -0.931. The summed E-state index contributed by atoms with van der Waals surface area (Å²) in [7, 11) is 0. The van der Waals surface area contributed by atoms with Crippen molar-refractivity contribution in [2.24, 2.45) is 5.92 Å². The number of hydrogen-bond donors (Lipinski definition) is 0. The first-order valence-electron chi connectivity index (χ1n) is 19.4. The molecule has 0 bridgehead atoms. The van der Waals surface area contributed by atoms with E-state index in [1.165, 1.54) is 83.3 Å². The van der Waals surface area contributed by atoms with Crippen molar-refractivity contribution in [3.63, 3.8) is 0 Å². The van der Waals surface area contributed by atoms with Crippen molar-refractivity contribution in [1.29, 1.82) is 0 Å². The standard InChI is InChI=1S/C48H57N3/c1-28(2)24-33-22-23-39-37(26-33)42-44(47(39,12)13)36-20-16-17-21-41(36)51-45(42)38-27-40(46(9,10)11)34-18-14-15-19-35(34)43(38)48(51)49(29(3)4)31(7)25-32(8)50(48)30(5)6/h14-23,25-30H,24H2,1-13H3/q+2. The van der Waals surface area contributed by atoms with Crippen LogP contribution in [0, 0.1) is 5.92 Å². The van der Waals surface area contributed by atoms with Gasteiger partial charge in [0.2, 0.25) is 11.2 Å². The van der Waals surface area contributed by atoms with Gasteiger partial charge in [0.25, 0.3) is 0 Å². The van der Waals surface area contributed by atoms with Crippen LogP contribution in [0.5, 0.6) is 0 Å². The van der Waals surface area contributed by atoms with Gasteiger partial charge in [-0.3, -0.25) is 4.90 Å². The zero-order valence-corrected chi connectivity index (χ0v) is 33.3. The largest absolute Gasteiger partial charge is 0.474 e. The lowest BCUT2D eigenvalue weighted by Crippen LogP contribution is -2.74. The fourth-order valence-corrected chi connectivity index (χ4v) is 10.6. The van der Waals surface area contributed by atoms with Gasteiger partial charge in [-0.2, -0.15) is 0 Å². The molecule has 3 heteroatoms. The normalized spacial score (nSPS) is 19.1. The molecule has 0 radical (unpaired) electrons. The minimum Gasteiger partial charge on any atom is -0.250 e. The molecule has 0 N–H and O–H groups in total. The van der Waals surface area contributed by atoms with E-state index in [2.05, 4.69) is 183 Å². The summed E-state index contributed by atoms with van der Waals surface area (Å²) in [6.07, 6.45) is 3.49. The third-order valence-corrected chi connectivity index (χ3v) is 12.1. The van der Waals surface area contributed by atoms with Crippen LogP contribution in [0.15, 0.2) is 84.6 Å². The summed E-state index contributed by atoms with van der Waals surface area (Å²) >= 11 is 0. The average molecular weight is 676 g/mol. The van der Waals surface area contributed by atoms with Gasteiger partial charge < -0.3 is 0 Å². The van der Waals surface area contributed by atoms with Gasteiger partial charge in [-0.1, -0.05) is 103 Å². The summed E-state index contributed by atoms with van der Waals surface area (Å²) in [4.78, 5) is 2.74. The maximum Gasteiger partial charge on any atom is 0.474 e. The van der Waals surface area contributed by atoms with E-state index in [4.69, 9.17) is 0 Å². The van der Waals surface area contributed by atoms with Crippen molar-refractivity contribution in [2.75, 3.05) is 0 Å². The van der Waals surface area contributed by atoms with Gasteiger partial charge >= 0.3 is 5.79 Å². The highest BCUT2D eigenvalue weighted by Gasteiger charge is 2.70. The Hall–Kier alpha value is -4.24. The number of hydrogen-bond acceptors (Lipinski definition) is 1. The molecule has 2 aliphatic heterocycles. The van der Waals surface area contributed by atoms with Crippen LogP contribution in [0.2, 0.25) is 0 Å². The third-order valence-electron chi connectivity index (χ3n) is 12.1. The van der Waals surface area contributed by atoms with Gasteiger partial charge in [-0.05, 0) is 97.7 Å². The highest BCUT2D eigenvalue weighted by molar-refractivity contribution is 6.04. The summed E-state index contributed by atoms with van der Waals surface area (Å²) in [5.41, 5.74) is 16.4. The van der Waals surface area contributed by atoms with Gasteiger partial charge in [0.15, 0.2) is 11.8 Å². The molecule has 3 heterocycles. The maximum absolute atomic E-state index is 2.81. The van der Waals surface area contributed by atoms with Crippen molar-refractivity contribution in [3.05, 3.63) is 112 Å². The van der Waals surface area contributed by atoms with Crippen LogP contribution in [-0.2, 0) is 23.0 Å². The molecule has 1 unspecified atom stereocenters. The Morgan fingerprint density at radius 1 is 0.745 bits per heavy atom. The van der Waals surface area contributed by atoms with E-state index in [0.717, 1.165) is 6.42 Å². The Morgan fingerprint density at radius 2 is 1.39 bits per heavy atom. The topological polar surface area (TPSA) is 10.1 Å². The van der Waals surface area contributed by atoms with Crippen LogP contribution in [0.4, 0.5) is 0 Å². The Bertz CT molecular complexity index is 2360. The first kappa shape index (κ1) is 33.9. The van der Waals surface area contributed by atoms with E-state index in [9.17, 15) is 0 Å². The number of rotatable bonds is 4. The second kappa shape index (κ2) is 11.1. The Kier molecular flexibility index (Phi) is 7.39. The first-order valence-corrected chi connectivity index (χ1v) is 19.4. The quantitative estimate of drug-likeness (QED) is 0.172. The molecule has 1 aliphatic carbocycles. The number of fused-ring (bicyclic) bond motifs is 14. The molecule has 1 spiro atoms. The monoisotopic (exact) mass is 675 g/mol. The predicted octanol–water partition coefficient (Wildman–Crippen LogP) is 11.2. The van der Waals surface area contributed by atoms with Crippen LogP contribution in [0.3, 0.4) is 0 Å². The summed E-state index contributed by atoms with van der Waals surface area (Å²) in [5.74, 6) is -0.0451. The second-order valence-corrected chi connectivity index (χ2v) is 18.2. The van der Waals surface area contributed by atoms with Crippen LogP contribution < -0.4 is 4.57 Å². The molecule has 0 saturated heterocycles. The number of nitrogens with zero attached hydrogens (tertiary/aromatic N) is 3.